The maximum atomic E-state index is 12.2. The van der Waals surface area contributed by atoms with Gasteiger partial charge in [0, 0.05) is 5.69 Å². The third-order valence-corrected chi connectivity index (χ3v) is 4.73. The third-order valence-electron chi connectivity index (χ3n) is 4.73. The van der Waals surface area contributed by atoms with E-state index >= 15 is 0 Å². The van der Waals surface area contributed by atoms with Gasteiger partial charge in [0.15, 0.2) is 0 Å². The number of aryl methyl sites for hydroxylation is 2. The Labute approximate surface area is 144 Å². The predicted octanol–water partition coefficient (Wildman–Crippen LogP) is 1.49. The lowest BCUT2D eigenvalue weighted by molar-refractivity contribution is -0.906. The molecule has 2 atom stereocenters. The number of nitrogens with one attached hydrogen (secondary N) is 2. The molecule has 1 aliphatic rings. The monoisotopic (exact) mass is 333 g/mol. The van der Waals surface area contributed by atoms with E-state index in [9.17, 15) is 9.59 Å². The molecule has 0 bridgehead atoms. The van der Waals surface area contributed by atoms with Gasteiger partial charge in [0.25, 0.3) is 0 Å². The fourth-order valence-corrected chi connectivity index (χ4v) is 3.17. The van der Waals surface area contributed by atoms with Crippen LogP contribution in [0.1, 0.15) is 37.3 Å². The molecule has 1 aromatic rings. The Morgan fingerprint density at radius 2 is 2.08 bits per heavy atom. The van der Waals surface area contributed by atoms with E-state index in [-0.39, 0.29) is 17.8 Å². The summed E-state index contributed by atoms with van der Waals surface area (Å²) in [6.07, 6.45) is 2.38. The first-order chi connectivity index (χ1) is 11.5. The molecule has 0 aliphatic carbocycles. The second kappa shape index (κ2) is 8.83. The van der Waals surface area contributed by atoms with E-state index in [4.69, 9.17) is 4.74 Å². The van der Waals surface area contributed by atoms with Gasteiger partial charge in [-0.3, -0.25) is 9.59 Å². The van der Waals surface area contributed by atoms with Gasteiger partial charge in [-0.15, -0.1) is 0 Å². The van der Waals surface area contributed by atoms with Crippen LogP contribution < -0.4 is 10.2 Å². The molecular weight excluding hydrogens is 304 g/mol. The molecular formula is C19H29N2O3+. The van der Waals surface area contributed by atoms with Crippen LogP contribution in [0.5, 0.6) is 0 Å². The van der Waals surface area contributed by atoms with Gasteiger partial charge in [0.1, 0.15) is 5.92 Å². The Kier molecular flexibility index (Phi) is 6.79. The largest absolute Gasteiger partial charge is 0.466 e. The number of ether oxygens (including phenoxy) is 1. The predicted molar refractivity (Wildman–Crippen MR) is 94.1 cm³/mol. The first-order valence-electron chi connectivity index (χ1n) is 8.87. The summed E-state index contributed by atoms with van der Waals surface area (Å²) in [7, 11) is 0. The van der Waals surface area contributed by atoms with Crippen molar-refractivity contribution in [3.05, 3.63) is 29.3 Å². The topological polar surface area (TPSA) is 59.8 Å². The molecule has 0 spiro atoms. The molecule has 5 nitrogen and oxygen atoms in total. The maximum Gasteiger partial charge on any atom is 0.314 e. The Hall–Kier alpha value is -1.88. The van der Waals surface area contributed by atoms with Crippen LogP contribution in [0.3, 0.4) is 0 Å². The van der Waals surface area contributed by atoms with Crippen LogP contribution in [0.15, 0.2) is 18.2 Å². The Bertz CT molecular complexity index is 586. The molecule has 5 heteroatoms. The van der Waals surface area contributed by atoms with Gasteiger partial charge in [-0.05, 0) is 56.9 Å². The van der Waals surface area contributed by atoms with Gasteiger partial charge < -0.3 is 15.0 Å². The second-order valence-corrected chi connectivity index (χ2v) is 6.64. The number of hydrogen-bond acceptors (Lipinski definition) is 3. The molecule has 1 aliphatic heterocycles. The van der Waals surface area contributed by atoms with Crippen molar-refractivity contribution in [1.29, 1.82) is 0 Å². The molecule has 1 saturated heterocycles. The number of carbonyl (C=O) groups excluding carboxylic acids is 2. The van der Waals surface area contributed by atoms with Crippen LogP contribution in [-0.2, 0) is 14.3 Å². The van der Waals surface area contributed by atoms with Crippen LogP contribution in [0, 0.1) is 19.8 Å². The minimum absolute atomic E-state index is 0.0171. The average molecular weight is 333 g/mol. The molecule has 0 radical (unpaired) electrons. The lowest BCUT2D eigenvalue weighted by atomic mass is 9.98. The van der Waals surface area contributed by atoms with Gasteiger partial charge in [-0.25, -0.2) is 0 Å². The van der Waals surface area contributed by atoms with Crippen molar-refractivity contribution in [3.8, 4) is 0 Å². The summed E-state index contributed by atoms with van der Waals surface area (Å²) in [6, 6.07) is 5.95. The number of benzene rings is 1. The van der Waals surface area contributed by atoms with E-state index in [1.165, 1.54) is 16.0 Å². The molecule has 2 rings (SSSR count). The van der Waals surface area contributed by atoms with Gasteiger partial charge in [0.2, 0.25) is 5.91 Å². The first-order valence-corrected chi connectivity index (χ1v) is 8.87. The van der Waals surface area contributed by atoms with Gasteiger partial charge >= 0.3 is 5.97 Å². The van der Waals surface area contributed by atoms with Crippen LogP contribution in [-0.4, -0.2) is 38.1 Å². The van der Waals surface area contributed by atoms with Crippen LogP contribution >= 0.6 is 0 Å². The number of anilines is 1. The Balaban J connectivity index is 1.78. The first kappa shape index (κ1) is 18.5. The number of hydrogen-bond donors (Lipinski definition) is 2. The van der Waals surface area contributed by atoms with Crippen molar-refractivity contribution in [1.82, 2.24) is 0 Å². The molecule has 1 unspecified atom stereocenters. The van der Waals surface area contributed by atoms with Crippen molar-refractivity contribution >= 4 is 17.6 Å². The quantitative estimate of drug-likeness (QED) is 0.776. The molecule has 0 aromatic heterocycles. The fraction of sp³-hybridized carbons (Fsp3) is 0.579. The number of likely N-dealkylation sites (tertiary alicyclic amines) is 1. The molecule has 1 aromatic carbocycles. The number of piperidine rings is 1. The summed E-state index contributed by atoms with van der Waals surface area (Å²) in [6.45, 7) is 8.92. The molecule has 1 heterocycles. The summed E-state index contributed by atoms with van der Waals surface area (Å²) in [5, 5.41) is 2.96. The average Bonchev–Trinajstić information content (AvgIpc) is 2.57. The Morgan fingerprint density at radius 3 is 2.79 bits per heavy atom. The molecule has 1 fully saturated rings. The molecule has 2 N–H and O–H groups in total. The van der Waals surface area contributed by atoms with E-state index in [2.05, 4.69) is 12.2 Å². The highest BCUT2D eigenvalue weighted by Crippen LogP contribution is 2.14. The zero-order chi connectivity index (χ0) is 17.5. The summed E-state index contributed by atoms with van der Waals surface area (Å²) in [5.74, 6) is -0.0743. The van der Waals surface area contributed by atoms with E-state index in [0.29, 0.717) is 13.0 Å². The van der Waals surface area contributed by atoms with Crippen molar-refractivity contribution in [2.45, 2.75) is 40.0 Å². The van der Waals surface area contributed by atoms with Gasteiger partial charge in [0.05, 0.1) is 32.7 Å². The molecule has 0 saturated carbocycles. The van der Waals surface area contributed by atoms with E-state index in [1.54, 1.807) is 0 Å². The minimum atomic E-state index is -0.0886. The molecule has 132 valence electrons. The maximum absolute atomic E-state index is 12.2. The summed E-state index contributed by atoms with van der Waals surface area (Å²) >= 11 is 0. The van der Waals surface area contributed by atoms with Gasteiger partial charge in [-0.1, -0.05) is 6.07 Å². The van der Waals surface area contributed by atoms with Crippen LogP contribution in [0.25, 0.3) is 0 Å². The van der Waals surface area contributed by atoms with Crippen molar-refractivity contribution in [2.24, 2.45) is 5.92 Å². The van der Waals surface area contributed by atoms with Crippen LogP contribution in [0.2, 0.25) is 0 Å². The number of rotatable bonds is 6. The summed E-state index contributed by atoms with van der Waals surface area (Å²) in [4.78, 5) is 25.3. The van der Waals surface area contributed by atoms with Crippen molar-refractivity contribution in [2.75, 3.05) is 31.6 Å². The minimum Gasteiger partial charge on any atom is -0.466 e. The van der Waals surface area contributed by atoms with Crippen molar-refractivity contribution in [3.63, 3.8) is 0 Å². The number of carbonyl (C=O) groups is 2. The summed E-state index contributed by atoms with van der Waals surface area (Å²) in [5.41, 5.74) is 3.24. The third kappa shape index (κ3) is 5.34. The number of quaternary nitrogens is 1. The highest BCUT2D eigenvalue weighted by atomic mass is 16.5. The van der Waals surface area contributed by atoms with Crippen molar-refractivity contribution < 1.29 is 19.2 Å². The normalized spacial score (nSPS) is 20.5. The molecule has 1 amide bonds. The lowest BCUT2D eigenvalue weighted by Crippen LogP contribution is -3.13. The highest BCUT2D eigenvalue weighted by Gasteiger charge is 2.29. The smallest absolute Gasteiger partial charge is 0.314 e. The van der Waals surface area contributed by atoms with E-state index in [1.807, 2.05) is 32.0 Å². The van der Waals surface area contributed by atoms with Gasteiger partial charge in [-0.2, -0.15) is 0 Å². The number of esters is 1. The second-order valence-electron chi connectivity index (χ2n) is 6.64. The van der Waals surface area contributed by atoms with Crippen LogP contribution in [0.4, 0.5) is 5.69 Å². The zero-order valence-electron chi connectivity index (χ0n) is 15.0. The SMILES string of the molecule is CCOC(=O)[C@H]1CCC[NH+](CCC(=O)Nc2ccc(C)c(C)c2)C1. The Morgan fingerprint density at radius 1 is 1.29 bits per heavy atom. The zero-order valence-corrected chi connectivity index (χ0v) is 15.0. The number of amides is 1. The highest BCUT2D eigenvalue weighted by molar-refractivity contribution is 5.90. The fourth-order valence-electron chi connectivity index (χ4n) is 3.17. The van der Waals surface area contributed by atoms with E-state index in [0.717, 1.165) is 38.2 Å². The van der Waals surface area contributed by atoms with E-state index < -0.39 is 0 Å². The molecule has 24 heavy (non-hydrogen) atoms. The summed E-state index contributed by atoms with van der Waals surface area (Å²) < 4.78 is 5.12. The standard InChI is InChI=1S/C19H28N2O3/c1-4-24-19(23)16-6-5-10-21(13-16)11-9-18(22)20-17-8-7-14(2)15(3)12-17/h7-8,12,16H,4-6,9-11,13H2,1-3H3,(H,20,22)/p+1/t16-/m0/s1. The lowest BCUT2D eigenvalue weighted by Gasteiger charge is -2.28.